The summed E-state index contributed by atoms with van der Waals surface area (Å²) in [5, 5.41) is 5.87. The number of anilines is 1. The van der Waals surface area contributed by atoms with E-state index in [-0.39, 0.29) is 18.3 Å². The lowest BCUT2D eigenvalue weighted by atomic mass is 10.2. The van der Waals surface area contributed by atoms with Crippen LogP contribution in [0.1, 0.15) is 18.5 Å². The number of aromatic nitrogens is 1. The average Bonchev–Trinajstić information content (AvgIpc) is 2.84. The number of carbonyl (C=O) groups excluding carboxylic acids is 1. The number of nitrogens with two attached hydrogens (primary N) is 1. The quantitative estimate of drug-likeness (QED) is 0.891. The minimum Gasteiger partial charge on any atom is -0.330 e. The fourth-order valence-corrected chi connectivity index (χ4v) is 2.47. The van der Waals surface area contributed by atoms with Gasteiger partial charge >= 0.3 is 0 Å². The van der Waals surface area contributed by atoms with Crippen molar-refractivity contribution in [3.05, 3.63) is 35.3 Å². The first-order chi connectivity index (χ1) is 9.19. The highest BCUT2D eigenvalue weighted by Crippen LogP contribution is 2.24. The van der Waals surface area contributed by atoms with Crippen LogP contribution in [0.3, 0.4) is 0 Å². The minimum atomic E-state index is 0. The molecule has 0 saturated carbocycles. The molecule has 4 nitrogen and oxygen atoms in total. The Morgan fingerprint density at radius 3 is 2.60 bits per heavy atom. The summed E-state index contributed by atoms with van der Waals surface area (Å²) in [5.41, 5.74) is 8.27. The predicted octanol–water partition coefficient (Wildman–Crippen LogP) is 3.22. The minimum absolute atomic E-state index is 0. The Kier molecular flexibility index (Phi) is 6.64. The monoisotopic (exact) mass is 311 g/mol. The largest absolute Gasteiger partial charge is 0.330 e. The highest BCUT2D eigenvalue weighted by molar-refractivity contribution is 7.13. The normalized spacial score (nSPS) is 9.90. The lowest BCUT2D eigenvalue weighted by Gasteiger charge is -2.05. The molecule has 0 spiro atoms. The highest BCUT2D eigenvalue weighted by Gasteiger charge is 2.04. The van der Waals surface area contributed by atoms with Gasteiger partial charge in [-0.2, -0.15) is 0 Å². The van der Waals surface area contributed by atoms with Crippen LogP contribution in [-0.4, -0.2) is 17.4 Å². The van der Waals surface area contributed by atoms with Crippen molar-refractivity contribution in [2.75, 3.05) is 11.9 Å². The summed E-state index contributed by atoms with van der Waals surface area (Å²) in [7, 11) is 0. The molecule has 0 aliphatic heterocycles. The van der Waals surface area contributed by atoms with Gasteiger partial charge in [-0.15, -0.1) is 23.7 Å². The van der Waals surface area contributed by atoms with Crippen molar-refractivity contribution in [2.24, 2.45) is 5.73 Å². The number of rotatable bonds is 5. The second kappa shape index (κ2) is 7.99. The zero-order valence-corrected chi connectivity index (χ0v) is 12.9. The summed E-state index contributed by atoms with van der Waals surface area (Å²) in [6.07, 6.45) is 1.17. The molecule has 1 heterocycles. The maximum absolute atomic E-state index is 11.6. The molecule has 108 valence electrons. The van der Waals surface area contributed by atoms with E-state index in [1.807, 2.05) is 36.6 Å². The smallest absolute Gasteiger partial charge is 0.224 e. The summed E-state index contributed by atoms with van der Waals surface area (Å²) in [4.78, 5) is 16.0. The lowest BCUT2D eigenvalue weighted by Crippen LogP contribution is -2.13. The van der Waals surface area contributed by atoms with E-state index < -0.39 is 0 Å². The van der Waals surface area contributed by atoms with E-state index in [0.29, 0.717) is 19.4 Å². The molecule has 0 saturated heterocycles. The third-order valence-corrected chi connectivity index (χ3v) is 3.65. The van der Waals surface area contributed by atoms with E-state index in [1.165, 1.54) is 0 Å². The second-order valence-corrected chi connectivity index (χ2v) is 5.17. The second-order valence-electron chi connectivity index (χ2n) is 4.31. The van der Waals surface area contributed by atoms with Gasteiger partial charge in [0.2, 0.25) is 5.91 Å². The summed E-state index contributed by atoms with van der Waals surface area (Å²) in [6.45, 7) is 2.52. The molecule has 0 unspecified atom stereocenters. The molecule has 0 bridgehead atoms. The maximum Gasteiger partial charge on any atom is 0.224 e. The number of hydrogen-bond donors (Lipinski definition) is 2. The van der Waals surface area contributed by atoms with Crippen LogP contribution >= 0.6 is 23.7 Å². The molecule has 1 aromatic carbocycles. The van der Waals surface area contributed by atoms with Gasteiger partial charge in [-0.05, 0) is 44.2 Å². The highest BCUT2D eigenvalue weighted by atomic mass is 35.5. The van der Waals surface area contributed by atoms with E-state index >= 15 is 0 Å². The Morgan fingerprint density at radius 1 is 1.35 bits per heavy atom. The van der Waals surface area contributed by atoms with Gasteiger partial charge < -0.3 is 11.1 Å². The molecule has 0 radical (unpaired) electrons. The Bertz CT molecular complexity index is 554. The van der Waals surface area contributed by atoms with E-state index in [0.717, 1.165) is 22.0 Å². The SMILES string of the molecule is Cc1csc(-c2ccc(NC(=O)CCCN)cc2)n1.Cl. The summed E-state index contributed by atoms with van der Waals surface area (Å²) < 4.78 is 0. The predicted molar refractivity (Wildman–Crippen MR) is 86.5 cm³/mol. The van der Waals surface area contributed by atoms with Crippen LogP contribution in [-0.2, 0) is 4.79 Å². The fourth-order valence-electron chi connectivity index (χ4n) is 1.67. The van der Waals surface area contributed by atoms with Crippen LogP contribution < -0.4 is 11.1 Å². The zero-order valence-electron chi connectivity index (χ0n) is 11.3. The van der Waals surface area contributed by atoms with Gasteiger partial charge in [0.05, 0.1) is 0 Å². The molecular formula is C14H18ClN3OS. The molecule has 6 heteroatoms. The lowest BCUT2D eigenvalue weighted by molar-refractivity contribution is -0.116. The Morgan fingerprint density at radius 2 is 2.05 bits per heavy atom. The standard InChI is InChI=1S/C14H17N3OS.ClH/c1-10-9-19-14(16-10)11-4-6-12(7-5-11)17-13(18)3-2-8-15;/h4-7,9H,2-3,8,15H2,1H3,(H,17,18);1H. The summed E-state index contributed by atoms with van der Waals surface area (Å²) in [6, 6.07) is 7.73. The molecule has 0 aliphatic rings. The van der Waals surface area contributed by atoms with Crippen LogP contribution in [0, 0.1) is 6.92 Å². The summed E-state index contributed by atoms with van der Waals surface area (Å²) >= 11 is 1.62. The van der Waals surface area contributed by atoms with Crippen LogP contribution in [0.25, 0.3) is 10.6 Å². The van der Waals surface area contributed by atoms with Crippen molar-refractivity contribution in [1.82, 2.24) is 4.98 Å². The number of thiazole rings is 1. The number of nitrogens with one attached hydrogen (secondary N) is 1. The number of carbonyl (C=O) groups is 1. The molecule has 3 N–H and O–H groups in total. The summed E-state index contributed by atoms with van der Waals surface area (Å²) in [5.74, 6) is 0.00305. The number of benzene rings is 1. The zero-order chi connectivity index (χ0) is 13.7. The van der Waals surface area contributed by atoms with Crippen molar-refractivity contribution in [1.29, 1.82) is 0 Å². The van der Waals surface area contributed by atoms with Gasteiger partial charge in [0.1, 0.15) is 5.01 Å². The van der Waals surface area contributed by atoms with Gasteiger partial charge in [-0.3, -0.25) is 4.79 Å². The number of halogens is 1. The first kappa shape index (κ1) is 16.6. The van der Waals surface area contributed by atoms with E-state index in [2.05, 4.69) is 10.3 Å². The van der Waals surface area contributed by atoms with Crippen LogP contribution in [0.15, 0.2) is 29.6 Å². The first-order valence-corrected chi connectivity index (χ1v) is 7.09. The van der Waals surface area contributed by atoms with Gasteiger partial charge in [-0.25, -0.2) is 4.98 Å². The van der Waals surface area contributed by atoms with E-state index in [1.54, 1.807) is 11.3 Å². The van der Waals surface area contributed by atoms with Gasteiger partial charge in [0.25, 0.3) is 0 Å². The molecule has 20 heavy (non-hydrogen) atoms. The molecule has 0 atom stereocenters. The molecule has 2 rings (SSSR count). The molecule has 2 aromatic rings. The number of nitrogens with zero attached hydrogens (tertiary/aromatic N) is 1. The van der Waals surface area contributed by atoms with Crippen LogP contribution in [0.4, 0.5) is 5.69 Å². The van der Waals surface area contributed by atoms with E-state index in [9.17, 15) is 4.79 Å². The fraction of sp³-hybridized carbons (Fsp3) is 0.286. The van der Waals surface area contributed by atoms with Crippen LogP contribution in [0.5, 0.6) is 0 Å². The Labute approximate surface area is 128 Å². The topological polar surface area (TPSA) is 68.0 Å². The van der Waals surface area contributed by atoms with Gasteiger partial charge in [-0.1, -0.05) is 0 Å². The first-order valence-electron chi connectivity index (χ1n) is 6.21. The molecule has 1 amide bonds. The molecular weight excluding hydrogens is 294 g/mol. The molecule has 0 fully saturated rings. The molecule has 1 aromatic heterocycles. The van der Waals surface area contributed by atoms with Crippen LogP contribution in [0.2, 0.25) is 0 Å². The number of hydrogen-bond acceptors (Lipinski definition) is 4. The molecule has 0 aliphatic carbocycles. The number of amides is 1. The van der Waals surface area contributed by atoms with Gasteiger partial charge in [0.15, 0.2) is 0 Å². The number of aryl methyl sites for hydroxylation is 1. The van der Waals surface area contributed by atoms with E-state index in [4.69, 9.17) is 5.73 Å². The van der Waals surface area contributed by atoms with Crippen molar-refractivity contribution in [3.63, 3.8) is 0 Å². The third-order valence-electron chi connectivity index (χ3n) is 2.64. The van der Waals surface area contributed by atoms with Crippen molar-refractivity contribution in [3.8, 4) is 10.6 Å². The van der Waals surface area contributed by atoms with Crippen molar-refractivity contribution >= 4 is 35.3 Å². The Balaban J connectivity index is 0.00000200. The Hall–Kier alpha value is -1.43. The van der Waals surface area contributed by atoms with Gasteiger partial charge in [0, 0.05) is 28.7 Å². The van der Waals surface area contributed by atoms with Crippen molar-refractivity contribution in [2.45, 2.75) is 19.8 Å². The maximum atomic E-state index is 11.6. The third kappa shape index (κ3) is 4.59. The average molecular weight is 312 g/mol. The van der Waals surface area contributed by atoms with Crippen molar-refractivity contribution < 1.29 is 4.79 Å².